The topological polar surface area (TPSA) is 56.5 Å². The Labute approximate surface area is 166 Å². The van der Waals surface area contributed by atoms with Gasteiger partial charge in [0.2, 0.25) is 0 Å². The number of hydrogen-bond donors (Lipinski definition) is 0. The number of amidine groups is 1. The highest BCUT2D eigenvalue weighted by atomic mass is 32.2. The van der Waals surface area contributed by atoms with Crippen molar-refractivity contribution in [1.82, 2.24) is 4.90 Å². The van der Waals surface area contributed by atoms with E-state index in [0.29, 0.717) is 22.9 Å². The Morgan fingerprint density at radius 3 is 2.46 bits per heavy atom. The van der Waals surface area contributed by atoms with Crippen LogP contribution in [0.1, 0.15) is 30.9 Å². The Balaban J connectivity index is 1.98. The van der Waals surface area contributed by atoms with Gasteiger partial charge >= 0.3 is 6.18 Å². The molecule has 1 heterocycles. The molecule has 1 saturated carbocycles. The van der Waals surface area contributed by atoms with E-state index in [2.05, 4.69) is 11.9 Å². The summed E-state index contributed by atoms with van der Waals surface area (Å²) in [4.78, 5) is 17.9. The quantitative estimate of drug-likeness (QED) is 0.422. The number of thioether (sulfide) groups is 1. The lowest BCUT2D eigenvalue weighted by Crippen LogP contribution is -2.35. The molecule has 1 aliphatic heterocycles. The molecule has 4 nitrogen and oxygen atoms in total. The molecule has 1 atom stereocenters. The third kappa shape index (κ3) is 3.81. The first-order chi connectivity index (χ1) is 13.2. The van der Waals surface area contributed by atoms with Crippen molar-refractivity contribution in [3.05, 3.63) is 41.0 Å². The van der Waals surface area contributed by atoms with Gasteiger partial charge < -0.3 is 4.90 Å². The Morgan fingerprint density at radius 2 is 2.00 bits per heavy atom. The largest absolute Gasteiger partial charge is 0.398 e. The van der Waals surface area contributed by atoms with Gasteiger partial charge in [0.05, 0.1) is 11.1 Å². The van der Waals surface area contributed by atoms with Crippen molar-refractivity contribution in [2.45, 2.75) is 31.4 Å². The highest BCUT2D eigenvalue weighted by molar-refractivity contribution is 8.13. The first-order valence-electron chi connectivity index (χ1n) is 8.91. The van der Waals surface area contributed by atoms with Crippen molar-refractivity contribution in [2.24, 2.45) is 10.9 Å². The lowest BCUT2D eigenvalue weighted by molar-refractivity contribution is -0.160. The first kappa shape index (κ1) is 20.5. The summed E-state index contributed by atoms with van der Waals surface area (Å²) in [7, 11) is 1.88. The number of halogens is 3. The summed E-state index contributed by atoms with van der Waals surface area (Å²) >= 11 is 1.53. The molecule has 2 aliphatic rings. The molecular weight excluding hydrogens is 387 g/mol. The third-order valence-corrected chi connectivity index (χ3v) is 6.51. The Hall–Kier alpha value is -2.27. The maximum Gasteiger partial charge on any atom is 0.398 e. The number of hydrogen-bond acceptors (Lipinski definition) is 4. The lowest BCUT2D eigenvalue weighted by Gasteiger charge is -2.30. The number of aliphatic imine (C=N–C) groups is 1. The Morgan fingerprint density at radius 1 is 1.36 bits per heavy atom. The lowest BCUT2D eigenvalue weighted by atomic mass is 9.93. The molecule has 8 heteroatoms. The van der Waals surface area contributed by atoms with Crippen molar-refractivity contribution < 1.29 is 18.0 Å². The molecule has 1 aliphatic carbocycles. The molecule has 0 bridgehead atoms. The van der Waals surface area contributed by atoms with E-state index in [0.717, 1.165) is 12.3 Å². The number of nitriles is 1. The van der Waals surface area contributed by atoms with Crippen LogP contribution in [0, 0.1) is 17.2 Å². The average Bonchev–Trinajstić information content (AvgIpc) is 3.46. The molecule has 0 aromatic heterocycles. The van der Waals surface area contributed by atoms with Crippen molar-refractivity contribution in [3.63, 3.8) is 0 Å². The van der Waals surface area contributed by atoms with Gasteiger partial charge in [-0.15, -0.1) is 0 Å². The SMILES string of the molecule is CC1CS/C(=N/C(=C(/C#N)C=O)c2ccc(C3(C(F)(F)F)CC3)cc2)N(C)C1. The van der Waals surface area contributed by atoms with Crippen LogP contribution < -0.4 is 0 Å². The number of carbonyl (C=O) groups excluding carboxylic acids is 1. The summed E-state index contributed by atoms with van der Waals surface area (Å²) in [6.45, 7) is 2.92. The van der Waals surface area contributed by atoms with E-state index in [1.807, 2.05) is 18.0 Å². The molecule has 0 radical (unpaired) electrons. The van der Waals surface area contributed by atoms with Crippen molar-refractivity contribution in [2.75, 3.05) is 19.3 Å². The fourth-order valence-electron chi connectivity index (χ4n) is 3.36. The van der Waals surface area contributed by atoms with Gasteiger partial charge in [-0.3, -0.25) is 4.79 Å². The zero-order valence-corrected chi connectivity index (χ0v) is 16.4. The predicted molar refractivity (Wildman–Crippen MR) is 104 cm³/mol. The molecule has 28 heavy (non-hydrogen) atoms. The zero-order chi connectivity index (χ0) is 20.5. The average molecular weight is 407 g/mol. The maximum atomic E-state index is 13.3. The minimum atomic E-state index is -4.29. The standard InChI is InChI=1S/C20H20F3N3OS/c1-13-10-26(2)18(28-12-13)25-17(15(9-24)11-27)14-3-5-16(6-4-14)19(7-8-19)20(21,22)23/h3-6,11,13H,7-8,10,12H2,1-2H3/b17-15-,25-18+. The van der Waals surface area contributed by atoms with Crippen LogP contribution in [0.5, 0.6) is 0 Å². The van der Waals surface area contributed by atoms with E-state index in [1.54, 1.807) is 0 Å². The van der Waals surface area contributed by atoms with Crippen LogP contribution in [0.4, 0.5) is 13.2 Å². The third-order valence-electron chi connectivity index (χ3n) is 5.11. The van der Waals surface area contributed by atoms with Crippen molar-refractivity contribution in [1.29, 1.82) is 5.26 Å². The van der Waals surface area contributed by atoms with E-state index in [1.165, 1.54) is 36.0 Å². The summed E-state index contributed by atoms with van der Waals surface area (Å²) in [6.07, 6.45) is -3.69. The number of carbonyl (C=O) groups is 1. The smallest absolute Gasteiger partial charge is 0.354 e. The van der Waals surface area contributed by atoms with Gasteiger partial charge in [-0.25, -0.2) is 4.99 Å². The second kappa shape index (κ2) is 7.63. The van der Waals surface area contributed by atoms with E-state index in [-0.39, 0.29) is 29.7 Å². The van der Waals surface area contributed by atoms with E-state index in [4.69, 9.17) is 0 Å². The molecule has 1 unspecified atom stereocenters. The zero-order valence-electron chi connectivity index (χ0n) is 15.6. The highest BCUT2D eigenvalue weighted by Gasteiger charge is 2.64. The Kier molecular flexibility index (Phi) is 5.57. The number of nitrogens with zero attached hydrogens (tertiary/aromatic N) is 3. The van der Waals surface area contributed by atoms with Crippen LogP contribution >= 0.6 is 11.8 Å². The number of allylic oxidation sites excluding steroid dienone is 1. The van der Waals surface area contributed by atoms with Gasteiger partial charge in [0.25, 0.3) is 0 Å². The normalized spacial score (nSPS) is 23.8. The van der Waals surface area contributed by atoms with Gasteiger partial charge in [0.15, 0.2) is 11.5 Å². The highest BCUT2D eigenvalue weighted by Crippen LogP contribution is 2.58. The number of benzene rings is 1. The molecular formula is C20H20F3N3OS. The van der Waals surface area contributed by atoms with Crippen molar-refractivity contribution >= 4 is 28.9 Å². The van der Waals surface area contributed by atoms with Crippen LogP contribution in [0.2, 0.25) is 0 Å². The summed E-state index contributed by atoms with van der Waals surface area (Å²) < 4.78 is 40.0. The first-order valence-corrected chi connectivity index (χ1v) is 9.90. The predicted octanol–water partition coefficient (Wildman–Crippen LogP) is 4.38. The van der Waals surface area contributed by atoms with Crippen molar-refractivity contribution in [3.8, 4) is 6.07 Å². The van der Waals surface area contributed by atoms with Crippen LogP contribution in [-0.4, -0.2) is 41.9 Å². The molecule has 3 rings (SSSR count). The maximum absolute atomic E-state index is 13.3. The van der Waals surface area contributed by atoms with Crippen LogP contribution in [0.3, 0.4) is 0 Å². The summed E-state index contributed by atoms with van der Waals surface area (Å²) in [5, 5.41) is 10.00. The monoisotopic (exact) mass is 407 g/mol. The minimum absolute atomic E-state index is 0.0816. The van der Waals surface area contributed by atoms with Gasteiger partial charge in [-0.2, -0.15) is 18.4 Å². The summed E-state index contributed by atoms with van der Waals surface area (Å²) in [6, 6.07) is 7.72. The van der Waals surface area contributed by atoms with Crippen LogP contribution in [0.15, 0.2) is 34.8 Å². The molecule has 1 aromatic rings. The van der Waals surface area contributed by atoms with Gasteiger partial charge in [-0.05, 0) is 24.3 Å². The molecule has 2 fully saturated rings. The van der Waals surface area contributed by atoms with E-state index >= 15 is 0 Å². The van der Waals surface area contributed by atoms with Gasteiger partial charge in [0.1, 0.15) is 11.6 Å². The molecule has 0 spiro atoms. The Bertz CT molecular complexity index is 864. The van der Waals surface area contributed by atoms with Crippen LogP contribution in [-0.2, 0) is 10.2 Å². The number of alkyl halides is 3. The van der Waals surface area contributed by atoms with E-state index in [9.17, 15) is 23.2 Å². The molecule has 1 aromatic carbocycles. The fraction of sp³-hybridized carbons (Fsp3) is 0.450. The molecule has 1 saturated heterocycles. The van der Waals surface area contributed by atoms with E-state index < -0.39 is 11.6 Å². The fourth-order valence-corrected chi connectivity index (χ4v) is 4.35. The van der Waals surface area contributed by atoms with Gasteiger partial charge in [-0.1, -0.05) is 43.0 Å². The summed E-state index contributed by atoms with van der Waals surface area (Å²) in [5.41, 5.74) is -1.07. The summed E-state index contributed by atoms with van der Waals surface area (Å²) in [5.74, 6) is 1.35. The molecule has 148 valence electrons. The number of aldehydes is 1. The molecule has 0 amide bonds. The molecule has 0 N–H and O–H groups in total. The van der Waals surface area contributed by atoms with Crippen LogP contribution in [0.25, 0.3) is 5.70 Å². The minimum Gasteiger partial charge on any atom is -0.354 e. The number of rotatable bonds is 4. The second-order valence-electron chi connectivity index (χ2n) is 7.34. The van der Waals surface area contributed by atoms with Gasteiger partial charge in [0, 0.05) is 24.9 Å². The second-order valence-corrected chi connectivity index (χ2v) is 8.33.